The number of fused-ring (bicyclic) bond motifs is 1. The van der Waals surface area contributed by atoms with Crippen molar-refractivity contribution in [3.63, 3.8) is 0 Å². The molecule has 2 aromatic heterocycles. The summed E-state index contributed by atoms with van der Waals surface area (Å²) in [5, 5.41) is 11.6. The number of carboxylic acid groups (broad SMARTS) is 1. The van der Waals surface area contributed by atoms with Crippen LogP contribution in [-0.2, 0) is 26.0 Å². The lowest BCUT2D eigenvalue weighted by molar-refractivity contribution is -0.148. The SMILES string of the molecule is Nc1nccc2cc(CC(C(=O)O)N3CCC(NS(=O)(=O)c4cnc(N5CCC(F)(F)C5)s4)C3=O)c(Cl)cc12. The number of nitrogens with one attached hydrogen (secondary N) is 1. The zero-order chi connectivity index (χ0) is 28.1. The highest BCUT2D eigenvalue weighted by atomic mass is 35.5. The van der Waals surface area contributed by atoms with Gasteiger partial charge in [0.05, 0.1) is 12.7 Å². The smallest absolute Gasteiger partial charge is 0.326 e. The molecule has 4 heterocycles. The minimum absolute atomic E-state index is 0.00184. The third-order valence-electron chi connectivity index (χ3n) is 6.75. The summed E-state index contributed by atoms with van der Waals surface area (Å²) in [5.74, 6) is -4.57. The predicted octanol–water partition coefficient (Wildman–Crippen LogP) is 2.35. The molecule has 0 saturated carbocycles. The Balaban J connectivity index is 1.30. The molecule has 0 spiro atoms. The Hall–Kier alpha value is -3.14. The van der Waals surface area contributed by atoms with E-state index in [1.165, 1.54) is 11.1 Å². The maximum absolute atomic E-state index is 13.5. The van der Waals surface area contributed by atoms with Crippen LogP contribution in [0.4, 0.5) is 19.7 Å². The summed E-state index contributed by atoms with van der Waals surface area (Å²) in [5.41, 5.74) is 6.36. The molecule has 4 N–H and O–H groups in total. The minimum atomic E-state index is -4.22. The van der Waals surface area contributed by atoms with Gasteiger partial charge in [-0.1, -0.05) is 22.9 Å². The van der Waals surface area contributed by atoms with Crippen molar-refractivity contribution in [2.24, 2.45) is 0 Å². The molecule has 2 unspecified atom stereocenters. The van der Waals surface area contributed by atoms with E-state index in [1.54, 1.807) is 18.2 Å². The van der Waals surface area contributed by atoms with E-state index in [2.05, 4.69) is 14.7 Å². The number of nitrogens with two attached hydrogens (primary N) is 1. The molecular weight excluding hydrogens is 578 g/mol. The van der Waals surface area contributed by atoms with Gasteiger partial charge in [-0.05, 0) is 35.6 Å². The number of amides is 1. The van der Waals surface area contributed by atoms with E-state index in [0.717, 1.165) is 22.4 Å². The molecular formula is C23H23ClF2N6O5S2. The number of aromatic nitrogens is 2. The van der Waals surface area contributed by atoms with E-state index in [-0.39, 0.29) is 52.5 Å². The number of anilines is 2. The van der Waals surface area contributed by atoms with Gasteiger partial charge < -0.3 is 20.6 Å². The number of rotatable bonds is 8. The van der Waals surface area contributed by atoms with Gasteiger partial charge in [-0.3, -0.25) is 4.79 Å². The number of likely N-dealkylation sites (tertiary alicyclic amines) is 1. The van der Waals surface area contributed by atoms with Gasteiger partial charge in [0.2, 0.25) is 5.91 Å². The number of benzene rings is 1. The Morgan fingerprint density at radius 3 is 2.79 bits per heavy atom. The lowest BCUT2D eigenvalue weighted by Gasteiger charge is -2.25. The Morgan fingerprint density at radius 2 is 2.10 bits per heavy atom. The fourth-order valence-corrected chi connectivity index (χ4v) is 7.37. The van der Waals surface area contributed by atoms with Crippen LogP contribution in [0.25, 0.3) is 10.8 Å². The molecule has 1 amide bonds. The average molecular weight is 601 g/mol. The minimum Gasteiger partial charge on any atom is -0.480 e. The Bertz CT molecular complexity index is 1570. The molecule has 5 rings (SSSR count). The first-order valence-electron chi connectivity index (χ1n) is 11.8. The van der Waals surface area contributed by atoms with Gasteiger partial charge in [0.1, 0.15) is 17.9 Å². The van der Waals surface area contributed by atoms with Gasteiger partial charge in [-0.25, -0.2) is 32.0 Å². The second kappa shape index (κ2) is 10.1. The highest BCUT2D eigenvalue weighted by Crippen LogP contribution is 2.35. The number of thiazole rings is 1. The first-order valence-corrected chi connectivity index (χ1v) is 14.5. The Kier molecular flexibility index (Phi) is 7.11. The largest absolute Gasteiger partial charge is 0.480 e. The first-order chi connectivity index (χ1) is 18.3. The molecule has 2 saturated heterocycles. The van der Waals surface area contributed by atoms with Gasteiger partial charge in [0.25, 0.3) is 15.9 Å². The van der Waals surface area contributed by atoms with Gasteiger partial charge >= 0.3 is 5.97 Å². The number of hydrogen-bond donors (Lipinski definition) is 3. The van der Waals surface area contributed by atoms with Crippen LogP contribution in [0.15, 0.2) is 34.8 Å². The molecule has 16 heteroatoms. The average Bonchev–Trinajstić information content (AvgIpc) is 3.58. The fraction of sp³-hybridized carbons (Fsp3) is 0.391. The number of nitrogens with zero attached hydrogens (tertiary/aromatic N) is 4. The summed E-state index contributed by atoms with van der Waals surface area (Å²) in [7, 11) is -4.22. The maximum Gasteiger partial charge on any atom is 0.326 e. The molecule has 2 aliphatic rings. The lowest BCUT2D eigenvalue weighted by Crippen LogP contribution is -2.48. The number of nitrogen functional groups attached to an aromatic ring is 1. The van der Waals surface area contributed by atoms with Crippen molar-refractivity contribution in [2.75, 3.05) is 30.3 Å². The van der Waals surface area contributed by atoms with Crippen molar-refractivity contribution in [2.45, 2.75) is 41.5 Å². The summed E-state index contributed by atoms with van der Waals surface area (Å²) in [6, 6.07) is 2.48. The van der Waals surface area contributed by atoms with Crippen molar-refractivity contribution >= 4 is 66.6 Å². The number of alkyl halides is 2. The zero-order valence-corrected chi connectivity index (χ0v) is 22.6. The second-order valence-corrected chi connectivity index (χ2v) is 12.8. The standard InChI is InChI=1S/C23H23ClF2N6O5S2/c24-15-9-14-12(1-4-28-19(14)27)7-13(15)8-17(21(34)35)32-5-2-16(20(32)33)30-39(36,37)18-10-29-22(38-18)31-6-3-23(25,26)11-31/h1,4,7,9-10,16-17,30H,2-3,5-6,8,11H2,(H2,27,28)(H,34,35). The Morgan fingerprint density at radius 1 is 1.33 bits per heavy atom. The summed E-state index contributed by atoms with van der Waals surface area (Å²) in [6.45, 7) is -0.501. The van der Waals surface area contributed by atoms with Crippen LogP contribution in [0.5, 0.6) is 0 Å². The van der Waals surface area contributed by atoms with Crippen LogP contribution in [0, 0.1) is 0 Å². The number of hydrogen-bond acceptors (Lipinski definition) is 9. The number of carbonyl (C=O) groups excluding carboxylic acids is 1. The van der Waals surface area contributed by atoms with E-state index in [4.69, 9.17) is 17.3 Å². The van der Waals surface area contributed by atoms with Gasteiger partial charge in [-0.2, -0.15) is 4.72 Å². The maximum atomic E-state index is 13.5. The molecule has 0 bridgehead atoms. The molecule has 208 valence electrons. The quantitative estimate of drug-likeness (QED) is 0.353. The normalized spacial score (nSPS) is 20.2. The highest BCUT2D eigenvalue weighted by molar-refractivity contribution is 7.91. The summed E-state index contributed by atoms with van der Waals surface area (Å²) < 4.78 is 55.1. The van der Waals surface area contributed by atoms with Gasteiger partial charge in [-0.15, -0.1) is 0 Å². The zero-order valence-electron chi connectivity index (χ0n) is 20.2. The van der Waals surface area contributed by atoms with Crippen LogP contribution in [0.2, 0.25) is 5.02 Å². The van der Waals surface area contributed by atoms with Crippen LogP contribution < -0.4 is 15.4 Å². The van der Waals surface area contributed by atoms with Crippen molar-refractivity contribution < 1.29 is 31.9 Å². The van der Waals surface area contributed by atoms with E-state index in [9.17, 15) is 31.9 Å². The van der Waals surface area contributed by atoms with Crippen molar-refractivity contribution in [1.82, 2.24) is 19.6 Å². The number of carboxylic acids is 1. The predicted molar refractivity (Wildman–Crippen MR) is 141 cm³/mol. The summed E-state index contributed by atoms with van der Waals surface area (Å²) in [6.07, 6.45) is 2.15. The van der Waals surface area contributed by atoms with Crippen molar-refractivity contribution in [3.05, 3.63) is 41.2 Å². The molecule has 0 aliphatic carbocycles. The number of sulfonamides is 1. The summed E-state index contributed by atoms with van der Waals surface area (Å²) >= 11 is 7.12. The van der Waals surface area contributed by atoms with Crippen LogP contribution in [0.1, 0.15) is 18.4 Å². The van der Waals surface area contributed by atoms with Crippen LogP contribution in [0.3, 0.4) is 0 Å². The van der Waals surface area contributed by atoms with E-state index in [1.807, 2.05) is 0 Å². The first kappa shape index (κ1) is 27.4. The third kappa shape index (κ3) is 5.48. The molecule has 39 heavy (non-hydrogen) atoms. The second-order valence-electron chi connectivity index (χ2n) is 9.40. The number of halogens is 3. The van der Waals surface area contributed by atoms with Gasteiger partial charge in [0.15, 0.2) is 9.34 Å². The number of aliphatic carboxylic acids is 1. The molecule has 1 aromatic carbocycles. The molecule has 0 radical (unpaired) electrons. The summed E-state index contributed by atoms with van der Waals surface area (Å²) in [4.78, 5) is 35.7. The van der Waals surface area contributed by atoms with Crippen molar-refractivity contribution in [1.29, 1.82) is 0 Å². The molecule has 3 aromatic rings. The van der Waals surface area contributed by atoms with Crippen LogP contribution >= 0.6 is 22.9 Å². The Labute approximate surface area is 230 Å². The molecule has 11 nitrogen and oxygen atoms in total. The van der Waals surface area contributed by atoms with E-state index in [0.29, 0.717) is 16.3 Å². The van der Waals surface area contributed by atoms with E-state index < -0.39 is 46.5 Å². The van der Waals surface area contributed by atoms with E-state index >= 15 is 0 Å². The topological polar surface area (TPSA) is 159 Å². The fourth-order valence-electron chi connectivity index (χ4n) is 4.75. The van der Waals surface area contributed by atoms with Gasteiger partial charge in [0, 0.05) is 42.5 Å². The lowest BCUT2D eigenvalue weighted by atomic mass is 10.0. The molecule has 2 fully saturated rings. The highest BCUT2D eigenvalue weighted by Gasteiger charge is 2.42. The monoisotopic (exact) mass is 600 g/mol. The number of carbonyl (C=O) groups is 2. The number of pyridine rings is 1. The molecule has 2 atom stereocenters. The van der Waals surface area contributed by atoms with Crippen molar-refractivity contribution in [3.8, 4) is 0 Å². The van der Waals surface area contributed by atoms with Crippen LogP contribution in [-0.4, -0.2) is 77.9 Å². The molecule has 2 aliphatic heterocycles. The third-order valence-corrected chi connectivity index (χ3v) is 10.1.